The lowest BCUT2D eigenvalue weighted by Crippen LogP contribution is -2.41. The predicted molar refractivity (Wildman–Crippen MR) is 86.5 cm³/mol. The highest BCUT2D eigenvalue weighted by Gasteiger charge is 2.08. The summed E-state index contributed by atoms with van der Waals surface area (Å²) in [5.74, 6) is 0.133. The molecule has 1 heterocycles. The van der Waals surface area contributed by atoms with Crippen molar-refractivity contribution in [1.82, 2.24) is 20.8 Å². The normalized spacial score (nSPS) is 10.4. The molecule has 0 atom stereocenters. The Balaban J connectivity index is 1.49. The smallest absolute Gasteiger partial charge is 0.269 e. The van der Waals surface area contributed by atoms with Crippen molar-refractivity contribution in [1.29, 1.82) is 0 Å². The van der Waals surface area contributed by atoms with Crippen LogP contribution in [0.4, 0.5) is 0 Å². The minimum Gasteiger partial charge on any atom is -0.342 e. The molecule has 6 heteroatoms. The number of hydrogen-bond donors (Lipinski definition) is 3. The topological polar surface area (TPSA) is 86.9 Å². The number of H-pyrrole nitrogens is 1. The number of hydrazine groups is 1. The quantitative estimate of drug-likeness (QED) is 0.644. The van der Waals surface area contributed by atoms with Crippen molar-refractivity contribution in [3.8, 4) is 0 Å². The SMILES string of the molecule is O=C(CCc1nc2ccccc2[nH]1)NNC(=O)c1ccccc1. The number of aromatic amines is 1. The number of benzene rings is 2. The van der Waals surface area contributed by atoms with E-state index in [1.54, 1.807) is 24.3 Å². The molecule has 0 bridgehead atoms. The van der Waals surface area contributed by atoms with Crippen LogP contribution in [0, 0.1) is 0 Å². The largest absolute Gasteiger partial charge is 0.342 e. The second-order valence-corrected chi connectivity index (χ2v) is 5.07. The molecule has 0 aliphatic rings. The van der Waals surface area contributed by atoms with Crippen LogP contribution in [0.5, 0.6) is 0 Å². The highest BCUT2D eigenvalue weighted by atomic mass is 16.2. The van der Waals surface area contributed by atoms with Crippen molar-refractivity contribution in [2.45, 2.75) is 12.8 Å². The molecule has 23 heavy (non-hydrogen) atoms. The average Bonchev–Trinajstić information content (AvgIpc) is 3.01. The average molecular weight is 308 g/mol. The van der Waals surface area contributed by atoms with Crippen LogP contribution in [-0.2, 0) is 11.2 Å². The van der Waals surface area contributed by atoms with Gasteiger partial charge in [0.25, 0.3) is 5.91 Å². The standard InChI is InChI=1S/C17H16N4O2/c22-16(20-21-17(23)12-6-2-1-3-7-12)11-10-15-18-13-8-4-5-9-14(13)19-15/h1-9H,10-11H2,(H,18,19)(H,20,22)(H,21,23). The molecular weight excluding hydrogens is 292 g/mol. The summed E-state index contributed by atoms with van der Waals surface area (Å²) in [5.41, 5.74) is 7.11. The molecule has 2 amide bonds. The maximum atomic E-state index is 11.8. The zero-order chi connectivity index (χ0) is 16.1. The van der Waals surface area contributed by atoms with Gasteiger partial charge in [-0.25, -0.2) is 4.98 Å². The third kappa shape index (κ3) is 3.74. The first-order valence-corrected chi connectivity index (χ1v) is 7.30. The fraction of sp³-hybridized carbons (Fsp3) is 0.118. The number of hydrogen-bond acceptors (Lipinski definition) is 3. The molecule has 0 spiro atoms. The summed E-state index contributed by atoms with van der Waals surface area (Å²) < 4.78 is 0. The number of carbonyl (C=O) groups is 2. The van der Waals surface area contributed by atoms with E-state index in [1.807, 2.05) is 30.3 Å². The fourth-order valence-corrected chi connectivity index (χ4v) is 2.21. The molecule has 1 aromatic heterocycles. The summed E-state index contributed by atoms with van der Waals surface area (Å²) in [4.78, 5) is 31.2. The lowest BCUT2D eigenvalue weighted by atomic mass is 10.2. The monoisotopic (exact) mass is 308 g/mol. The molecule has 3 N–H and O–H groups in total. The van der Waals surface area contributed by atoms with Crippen LogP contribution >= 0.6 is 0 Å². The Bertz CT molecular complexity index is 794. The third-order valence-electron chi connectivity index (χ3n) is 3.38. The van der Waals surface area contributed by atoms with Crippen LogP contribution in [0.25, 0.3) is 11.0 Å². The molecule has 0 fully saturated rings. The van der Waals surface area contributed by atoms with E-state index in [0.29, 0.717) is 12.0 Å². The molecular formula is C17H16N4O2. The van der Waals surface area contributed by atoms with Gasteiger partial charge in [-0.15, -0.1) is 0 Å². The summed E-state index contributed by atoms with van der Waals surface area (Å²) in [7, 11) is 0. The number of aryl methyl sites for hydroxylation is 1. The number of para-hydroxylation sites is 2. The lowest BCUT2D eigenvalue weighted by molar-refractivity contribution is -0.121. The maximum absolute atomic E-state index is 11.8. The Labute approximate surface area is 132 Å². The van der Waals surface area contributed by atoms with Gasteiger partial charge in [0.05, 0.1) is 11.0 Å². The maximum Gasteiger partial charge on any atom is 0.269 e. The molecule has 0 unspecified atom stereocenters. The van der Waals surface area contributed by atoms with E-state index in [2.05, 4.69) is 20.8 Å². The van der Waals surface area contributed by atoms with Gasteiger partial charge in [-0.1, -0.05) is 30.3 Å². The highest BCUT2D eigenvalue weighted by molar-refractivity contribution is 5.95. The van der Waals surface area contributed by atoms with Gasteiger partial charge < -0.3 is 4.98 Å². The van der Waals surface area contributed by atoms with E-state index in [0.717, 1.165) is 16.9 Å². The van der Waals surface area contributed by atoms with E-state index in [9.17, 15) is 9.59 Å². The van der Waals surface area contributed by atoms with Gasteiger partial charge in [0.1, 0.15) is 5.82 Å². The van der Waals surface area contributed by atoms with Crippen molar-refractivity contribution in [3.63, 3.8) is 0 Å². The van der Waals surface area contributed by atoms with Crippen LogP contribution in [0.2, 0.25) is 0 Å². The number of nitrogens with zero attached hydrogens (tertiary/aromatic N) is 1. The third-order valence-corrected chi connectivity index (χ3v) is 3.38. The molecule has 2 aromatic carbocycles. The Morgan fingerprint density at radius 2 is 1.70 bits per heavy atom. The van der Waals surface area contributed by atoms with Crippen LogP contribution in [0.1, 0.15) is 22.6 Å². The fourth-order valence-electron chi connectivity index (χ4n) is 2.21. The van der Waals surface area contributed by atoms with Crippen molar-refractivity contribution in [3.05, 3.63) is 66.0 Å². The number of carbonyl (C=O) groups excluding carboxylic acids is 2. The summed E-state index contributed by atoms with van der Waals surface area (Å²) in [5, 5.41) is 0. The minimum atomic E-state index is -0.345. The molecule has 0 radical (unpaired) electrons. The number of amides is 2. The van der Waals surface area contributed by atoms with Gasteiger partial charge in [-0.3, -0.25) is 20.4 Å². The van der Waals surface area contributed by atoms with E-state index in [1.165, 1.54) is 0 Å². The number of imidazole rings is 1. The summed E-state index contributed by atoms with van der Waals surface area (Å²) in [6.07, 6.45) is 0.705. The molecule has 3 aromatic rings. The number of nitrogens with one attached hydrogen (secondary N) is 3. The molecule has 0 saturated heterocycles. The summed E-state index contributed by atoms with van der Waals surface area (Å²) in [6.45, 7) is 0. The second kappa shape index (κ2) is 6.74. The van der Waals surface area contributed by atoms with E-state index < -0.39 is 0 Å². The highest BCUT2D eigenvalue weighted by Crippen LogP contribution is 2.11. The number of fused-ring (bicyclic) bond motifs is 1. The van der Waals surface area contributed by atoms with Gasteiger partial charge in [-0.05, 0) is 24.3 Å². The molecule has 0 aliphatic carbocycles. The van der Waals surface area contributed by atoms with Crippen molar-refractivity contribution >= 4 is 22.8 Å². The Hall–Kier alpha value is -3.15. The minimum absolute atomic E-state index is 0.231. The van der Waals surface area contributed by atoms with E-state index in [-0.39, 0.29) is 18.2 Å². The Morgan fingerprint density at radius 3 is 2.48 bits per heavy atom. The van der Waals surface area contributed by atoms with Crippen molar-refractivity contribution in [2.24, 2.45) is 0 Å². The van der Waals surface area contributed by atoms with Crippen LogP contribution in [0.3, 0.4) is 0 Å². The van der Waals surface area contributed by atoms with Crippen LogP contribution < -0.4 is 10.9 Å². The van der Waals surface area contributed by atoms with Crippen molar-refractivity contribution in [2.75, 3.05) is 0 Å². The molecule has 116 valence electrons. The Kier molecular flexibility index (Phi) is 4.33. The molecule has 6 nitrogen and oxygen atoms in total. The van der Waals surface area contributed by atoms with Gasteiger partial charge in [0.2, 0.25) is 5.91 Å². The number of aromatic nitrogens is 2. The van der Waals surface area contributed by atoms with Crippen LogP contribution in [-0.4, -0.2) is 21.8 Å². The molecule has 3 rings (SSSR count). The molecule has 0 aliphatic heterocycles. The van der Waals surface area contributed by atoms with Gasteiger partial charge in [0, 0.05) is 18.4 Å². The number of rotatable bonds is 4. The predicted octanol–water partition coefficient (Wildman–Crippen LogP) is 1.96. The zero-order valence-corrected chi connectivity index (χ0v) is 12.4. The van der Waals surface area contributed by atoms with Crippen molar-refractivity contribution < 1.29 is 9.59 Å². The summed E-state index contributed by atoms with van der Waals surface area (Å²) >= 11 is 0. The lowest BCUT2D eigenvalue weighted by Gasteiger charge is -2.06. The first-order valence-electron chi connectivity index (χ1n) is 7.30. The van der Waals surface area contributed by atoms with E-state index >= 15 is 0 Å². The molecule has 0 saturated carbocycles. The summed E-state index contributed by atoms with van der Waals surface area (Å²) in [6, 6.07) is 16.4. The second-order valence-electron chi connectivity index (χ2n) is 5.07. The van der Waals surface area contributed by atoms with E-state index in [4.69, 9.17) is 0 Å². The van der Waals surface area contributed by atoms with Gasteiger partial charge in [0.15, 0.2) is 0 Å². The van der Waals surface area contributed by atoms with Gasteiger partial charge in [-0.2, -0.15) is 0 Å². The Morgan fingerprint density at radius 1 is 0.957 bits per heavy atom. The zero-order valence-electron chi connectivity index (χ0n) is 12.4. The first kappa shape index (κ1) is 14.8. The van der Waals surface area contributed by atoms with Crippen LogP contribution in [0.15, 0.2) is 54.6 Å². The first-order chi connectivity index (χ1) is 11.2. The van der Waals surface area contributed by atoms with Gasteiger partial charge >= 0.3 is 0 Å².